The highest BCUT2D eigenvalue weighted by molar-refractivity contribution is 5.13. The molecule has 0 fully saturated rings. The molecule has 3 heteroatoms. The maximum atomic E-state index is 12.1. The lowest BCUT2D eigenvalue weighted by Gasteiger charge is -1.87. The Bertz CT molecular complexity index is 160. The lowest BCUT2D eigenvalue weighted by molar-refractivity contribution is 0.295. The fourth-order valence-electron chi connectivity index (χ4n) is 0.533. The predicted octanol–water partition coefficient (Wildman–Crippen LogP) is 3.02. The molecule has 0 amide bonds. The summed E-state index contributed by atoms with van der Waals surface area (Å²) in [5, 5.41) is 0. The molecule has 1 aromatic rings. The van der Waals surface area contributed by atoms with Crippen LogP contribution in [0.25, 0.3) is 0 Å². The molecule has 0 nitrogen and oxygen atoms in total. The zero-order valence-corrected chi connectivity index (χ0v) is 6.15. The van der Waals surface area contributed by atoms with Gasteiger partial charge in [-0.15, -0.1) is 0 Å². The van der Waals surface area contributed by atoms with Crippen LogP contribution in [0, 0.1) is 12.7 Å². The van der Waals surface area contributed by atoms with Crippen molar-refractivity contribution in [2.24, 2.45) is 0 Å². The van der Waals surface area contributed by atoms with Gasteiger partial charge in [0.25, 0.3) is 0 Å². The summed E-state index contributed by atoms with van der Waals surface area (Å²) < 4.78 is 31.3. The van der Waals surface area contributed by atoms with Gasteiger partial charge < -0.3 is 0 Å². The van der Waals surface area contributed by atoms with E-state index in [2.05, 4.69) is 0 Å². The highest BCUT2D eigenvalue weighted by Gasteiger charge is 1.83. The second-order valence-corrected chi connectivity index (χ2v) is 1.90. The number of alkyl halides is 2. The van der Waals surface area contributed by atoms with E-state index in [1.807, 2.05) is 6.92 Å². The van der Waals surface area contributed by atoms with E-state index in [-0.39, 0.29) is 5.82 Å². The molecule has 1 aromatic carbocycles. The third-order valence-corrected chi connectivity index (χ3v) is 1.01. The molecule has 11 heavy (non-hydrogen) atoms. The van der Waals surface area contributed by atoms with E-state index in [0.29, 0.717) is 0 Å². The van der Waals surface area contributed by atoms with Crippen molar-refractivity contribution in [2.75, 3.05) is 6.93 Å². The molecule has 0 spiro atoms. The summed E-state index contributed by atoms with van der Waals surface area (Å²) in [6.45, 7) is 0.180. The van der Waals surface area contributed by atoms with Gasteiger partial charge >= 0.3 is 0 Å². The maximum absolute atomic E-state index is 12.1. The van der Waals surface area contributed by atoms with E-state index in [1.54, 1.807) is 12.1 Å². The van der Waals surface area contributed by atoms with Crippen LogP contribution in [-0.2, 0) is 0 Å². The molecule has 0 bridgehead atoms. The second kappa shape index (κ2) is 5.77. The molecule has 0 unspecified atom stereocenters. The van der Waals surface area contributed by atoms with Crippen LogP contribution in [0.3, 0.4) is 0 Å². The highest BCUT2D eigenvalue weighted by Crippen LogP contribution is 1.98. The summed E-state index contributed by atoms with van der Waals surface area (Å²) in [5.41, 5.74) is 1.09. The maximum Gasteiger partial charge on any atom is 0.229 e. The average molecular weight is 162 g/mol. The minimum Gasteiger partial charge on any atom is -0.214 e. The number of aryl methyl sites for hydroxylation is 1. The van der Waals surface area contributed by atoms with Crippen molar-refractivity contribution < 1.29 is 13.2 Å². The highest BCUT2D eigenvalue weighted by atomic mass is 19.3. The molecule has 0 aliphatic heterocycles. The van der Waals surface area contributed by atoms with E-state index >= 15 is 0 Å². The quantitative estimate of drug-likeness (QED) is 0.550. The van der Waals surface area contributed by atoms with E-state index in [1.165, 1.54) is 12.1 Å². The van der Waals surface area contributed by atoms with Gasteiger partial charge in [-0.3, -0.25) is 0 Å². The molecule has 0 aromatic heterocycles. The van der Waals surface area contributed by atoms with Crippen molar-refractivity contribution in [3.63, 3.8) is 0 Å². The lowest BCUT2D eigenvalue weighted by atomic mass is 10.2. The summed E-state index contributed by atoms with van der Waals surface area (Å²) in [5.74, 6) is -0.171. The monoisotopic (exact) mass is 162 g/mol. The van der Waals surface area contributed by atoms with Gasteiger partial charge in [-0.2, -0.15) is 0 Å². The molecule has 62 valence electrons. The van der Waals surface area contributed by atoms with Crippen LogP contribution < -0.4 is 0 Å². The number of hydrogen-bond acceptors (Lipinski definition) is 0. The minimum absolute atomic E-state index is 0.171. The van der Waals surface area contributed by atoms with Crippen molar-refractivity contribution in [1.29, 1.82) is 0 Å². The van der Waals surface area contributed by atoms with Crippen LogP contribution in [-0.4, -0.2) is 6.93 Å². The van der Waals surface area contributed by atoms with Crippen LogP contribution in [0.5, 0.6) is 0 Å². The van der Waals surface area contributed by atoms with Gasteiger partial charge in [-0.25, -0.2) is 13.2 Å². The fourth-order valence-corrected chi connectivity index (χ4v) is 0.533. The van der Waals surface area contributed by atoms with Gasteiger partial charge in [-0.05, 0) is 19.1 Å². The molecule has 0 saturated heterocycles. The van der Waals surface area contributed by atoms with E-state index < -0.39 is 6.93 Å². The summed E-state index contributed by atoms with van der Waals surface area (Å²) in [6, 6.07) is 6.40. The minimum atomic E-state index is -1.75. The van der Waals surface area contributed by atoms with Crippen molar-refractivity contribution in [3.8, 4) is 0 Å². The largest absolute Gasteiger partial charge is 0.229 e. The number of halogens is 3. The Morgan fingerprint density at radius 3 is 1.73 bits per heavy atom. The average Bonchev–Trinajstić information content (AvgIpc) is 1.97. The van der Waals surface area contributed by atoms with Crippen molar-refractivity contribution in [2.45, 2.75) is 6.92 Å². The molecule has 1 rings (SSSR count). The van der Waals surface area contributed by atoms with Crippen molar-refractivity contribution in [1.82, 2.24) is 0 Å². The van der Waals surface area contributed by atoms with Crippen LogP contribution in [0.2, 0.25) is 0 Å². The first kappa shape index (κ1) is 10.0. The zero-order chi connectivity index (χ0) is 8.69. The summed E-state index contributed by atoms with van der Waals surface area (Å²) in [6.07, 6.45) is 0. The molecule has 0 atom stereocenters. The van der Waals surface area contributed by atoms with Crippen molar-refractivity contribution >= 4 is 0 Å². The molecule has 0 saturated carbocycles. The zero-order valence-electron chi connectivity index (χ0n) is 6.15. The summed E-state index contributed by atoms with van der Waals surface area (Å²) in [4.78, 5) is 0. The Morgan fingerprint density at radius 2 is 1.45 bits per heavy atom. The topological polar surface area (TPSA) is 0 Å². The second-order valence-electron chi connectivity index (χ2n) is 1.90. The molecule has 0 aliphatic carbocycles. The molecule has 0 aliphatic rings. The summed E-state index contributed by atoms with van der Waals surface area (Å²) in [7, 11) is 0. The molecule has 0 N–H and O–H groups in total. The standard InChI is InChI=1S/C7H7F.CH2F2/c1-6-2-4-7(8)5-3-6;2-1-3/h2-5H,1H3;1H2. The third kappa shape index (κ3) is 5.45. The number of hydrogen-bond donors (Lipinski definition) is 0. The first-order valence-corrected chi connectivity index (χ1v) is 3.04. The Labute approximate surface area is 63.7 Å². The Balaban J connectivity index is 0.000000292. The normalized spacial score (nSPS) is 8.36. The Morgan fingerprint density at radius 1 is 1.09 bits per heavy atom. The first-order valence-electron chi connectivity index (χ1n) is 3.04. The van der Waals surface area contributed by atoms with Gasteiger partial charge in [0.2, 0.25) is 6.93 Å². The lowest BCUT2D eigenvalue weighted by Crippen LogP contribution is -1.71. The molecular weight excluding hydrogens is 153 g/mol. The Kier molecular flexibility index (Phi) is 5.25. The predicted molar refractivity (Wildman–Crippen MR) is 38.2 cm³/mol. The van der Waals surface area contributed by atoms with Crippen LogP contribution in [0.15, 0.2) is 24.3 Å². The first-order chi connectivity index (χ1) is 5.20. The SMILES string of the molecule is Cc1ccc(F)cc1.FCF. The smallest absolute Gasteiger partial charge is 0.214 e. The van der Waals surface area contributed by atoms with Gasteiger partial charge in [0.1, 0.15) is 5.82 Å². The van der Waals surface area contributed by atoms with Gasteiger partial charge in [-0.1, -0.05) is 17.7 Å². The van der Waals surface area contributed by atoms with E-state index in [9.17, 15) is 13.2 Å². The number of benzene rings is 1. The van der Waals surface area contributed by atoms with Gasteiger partial charge in [0.05, 0.1) is 0 Å². The molecule has 0 radical (unpaired) electrons. The van der Waals surface area contributed by atoms with Crippen LogP contribution in [0.1, 0.15) is 5.56 Å². The number of rotatable bonds is 0. The van der Waals surface area contributed by atoms with Gasteiger partial charge in [0.15, 0.2) is 0 Å². The fraction of sp³-hybridized carbons (Fsp3) is 0.250. The van der Waals surface area contributed by atoms with Crippen LogP contribution in [0.4, 0.5) is 13.2 Å². The van der Waals surface area contributed by atoms with E-state index in [4.69, 9.17) is 0 Å². The van der Waals surface area contributed by atoms with Crippen LogP contribution >= 0.6 is 0 Å². The van der Waals surface area contributed by atoms with Gasteiger partial charge in [0, 0.05) is 0 Å². The van der Waals surface area contributed by atoms with E-state index in [0.717, 1.165) is 5.56 Å². The Hall–Kier alpha value is -0.990. The molecular formula is C8H9F3. The van der Waals surface area contributed by atoms with Crippen molar-refractivity contribution in [3.05, 3.63) is 35.6 Å². The third-order valence-electron chi connectivity index (χ3n) is 1.01. The molecule has 0 heterocycles. The summed E-state index contributed by atoms with van der Waals surface area (Å²) >= 11 is 0.